The van der Waals surface area contributed by atoms with Crippen LogP contribution in [0, 0.1) is 0 Å². The van der Waals surface area contributed by atoms with Crippen molar-refractivity contribution >= 4 is 23.5 Å². The zero-order valence-corrected chi connectivity index (χ0v) is 12.7. The van der Waals surface area contributed by atoms with E-state index in [1.54, 1.807) is 0 Å². The number of hydrogen-bond acceptors (Lipinski definition) is 2. The van der Waals surface area contributed by atoms with Crippen LogP contribution in [-0.4, -0.2) is 10.3 Å². The summed E-state index contributed by atoms with van der Waals surface area (Å²) in [6, 6.07) is 9.16. The van der Waals surface area contributed by atoms with Crippen LogP contribution in [0.1, 0.15) is 45.6 Å². The molecule has 1 aromatic carbocycles. The molecule has 0 amide bonds. The molecule has 94 valence electrons. The lowest BCUT2D eigenvalue weighted by atomic mass is 9.87. The second-order valence-corrected chi connectivity index (χ2v) is 8.57. The first-order valence-electron chi connectivity index (χ1n) is 6.44. The van der Waals surface area contributed by atoms with Gasteiger partial charge in [-0.25, -0.2) is 0 Å². The molecule has 0 radical (unpaired) electrons. The lowest BCUT2D eigenvalue weighted by Crippen LogP contribution is -2.10. The fourth-order valence-corrected chi connectivity index (χ4v) is 4.73. The Morgan fingerprint density at radius 1 is 1.12 bits per heavy atom. The summed E-state index contributed by atoms with van der Waals surface area (Å²) in [5.74, 6) is 1.34. The fourth-order valence-electron chi connectivity index (χ4n) is 1.99. The maximum atomic E-state index is 2.29. The molecule has 1 heterocycles. The second kappa shape index (κ2) is 5.71. The van der Waals surface area contributed by atoms with Crippen LogP contribution >= 0.6 is 23.5 Å². The maximum Gasteiger partial charge on any atom is 0.0549 e. The number of hydrogen-bond donors (Lipinski definition) is 0. The Bertz CT molecular complexity index is 342. The number of thioether (sulfide) groups is 2. The van der Waals surface area contributed by atoms with E-state index in [9.17, 15) is 0 Å². The van der Waals surface area contributed by atoms with Crippen molar-refractivity contribution in [3.63, 3.8) is 0 Å². The van der Waals surface area contributed by atoms with E-state index in [1.165, 1.54) is 35.5 Å². The van der Waals surface area contributed by atoms with Crippen molar-refractivity contribution in [2.75, 3.05) is 5.75 Å². The summed E-state index contributed by atoms with van der Waals surface area (Å²) in [6.07, 6.45) is 4.19. The van der Waals surface area contributed by atoms with Crippen LogP contribution in [-0.2, 0) is 5.41 Å². The highest BCUT2D eigenvalue weighted by atomic mass is 32.2. The van der Waals surface area contributed by atoms with Gasteiger partial charge < -0.3 is 0 Å². The first-order valence-corrected chi connectivity index (χ1v) is 8.37. The molecular formula is C15H22S2. The van der Waals surface area contributed by atoms with E-state index in [0.717, 1.165) is 4.58 Å². The van der Waals surface area contributed by atoms with Crippen LogP contribution in [0.3, 0.4) is 0 Å². The molecule has 17 heavy (non-hydrogen) atoms. The molecule has 0 aliphatic carbocycles. The lowest BCUT2D eigenvalue weighted by molar-refractivity contribution is 0.590. The van der Waals surface area contributed by atoms with E-state index in [4.69, 9.17) is 0 Å². The van der Waals surface area contributed by atoms with E-state index in [1.807, 2.05) is 11.8 Å². The lowest BCUT2D eigenvalue weighted by Gasteiger charge is -2.22. The Kier molecular flexibility index (Phi) is 4.48. The summed E-state index contributed by atoms with van der Waals surface area (Å²) in [4.78, 5) is 1.43. The van der Waals surface area contributed by atoms with Crippen LogP contribution in [0.2, 0.25) is 0 Å². The molecule has 0 saturated carbocycles. The fraction of sp³-hybridized carbons (Fsp3) is 0.600. The molecule has 1 aliphatic rings. The van der Waals surface area contributed by atoms with Crippen molar-refractivity contribution in [1.29, 1.82) is 0 Å². The predicted molar refractivity (Wildman–Crippen MR) is 81.1 cm³/mol. The van der Waals surface area contributed by atoms with Gasteiger partial charge in [-0.1, -0.05) is 39.3 Å². The van der Waals surface area contributed by atoms with Gasteiger partial charge in [-0.05, 0) is 41.7 Å². The first-order chi connectivity index (χ1) is 8.05. The van der Waals surface area contributed by atoms with Gasteiger partial charge in [-0.3, -0.25) is 0 Å². The highest BCUT2D eigenvalue weighted by Crippen LogP contribution is 2.38. The minimum Gasteiger partial charge on any atom is -0.147 e. The maximum absolute atomic E-state index is 2.29. The minimum absolute atomic E-state index is 0.267. The normalized spacial score (nSPS) is 21.5. The Morgan fingerprint density at radius 3 is 2.35 bits per heavy atom. The van der Waals surface area contributed by atoms with E-state index < -0.39 is 0 Å². The number of benzene rings is 1. The van der Waals surface area contributed by atoms with Crippen molar-refractivity contribution in [1.82, 2.24) is 0 Å². The van der Waals surface area contributed by atoms with Crippen LogP contribution in [0.5, 0.6) is 0 Å². The molecule has 1 unspecified atom stereocenters. The molecule has 1 aliphatic heterocycles. The molecule has 1 saturated heterocycles. The van der Waals surface area contributed by atoms with Crippen molar-refractivity contribution in [3.05, 3.63) is 29.8 Å². The molecule has 1 aromatic rings. The molecule has 2 heteroatoms. The van der Waals surface area contributed by atoms with Crippen molar-refractivity contribution in [3.8, 4) is 0 Å². The van der Waals surface area contributed by atoms with Crippen LogP contribution in [0.25, 0.3) is 0 Å². The summed E-state index contributed by atoms with van der Waals surface area (Å²) in [6.45, 7) is 6.81. The van der Waals surface area contributed by atoms with E-state index in [0.29, 0.717) is 0 Å². The molecule has 1 atom stereocenters. The Morgan fingerprint density at radius 2 is 1.82 bits per heavy atom. The summed E-state index contributed by atoms with van der Waals surface area (Å²) >= 11 is 4.18. The van der Waals surface area contributed by atoms with Crippen LogP contribution in [0.15, 0.2) is 29.2 Å². The van der Waals surface area contributed by atoms with E-state index >= 15 is 0 Å². The topological polar surface area (TPSA) is 0 Å². The summed E-state index contributed by atoms with van der Waals surface area (Å²) in [7, 11) is 0. The van der Waals surface area contributed by atoms with Crippen molar-refractivity contribution < 1.29 is 0 Å². The van der Waals surface area contributed by atoms with Crippen LogP contribution in [0.4, 0.5) is 0 Å². The van der Waals surface area contributed by atoms with Gasteiger partial charge in [0.1, 0.15) is 0 Å². The highest BCUT2D eigenvalue weighted by molar-refractivity contribution is 8.17. The zero-order chi connectivity index (χ0) is 12.3. The molecule has 0 aromatic heterocycles. The monoisotopic (exact) mass is 266 g/mol. The van der Waals surface area contributed by atoms with Gasteiger partial charge in [0, 0.05) is 4.90 Å². The largest absolute Gasteiger partial charge is 0.147 e. The average Bonchev–Trinajstić information content (AvgIpc) is 2.30. The summed E-state index contributed by atoms with van der Waals surface area (Å²) in [5, 5.41) is 0. The molecule has 2 rings (SSSR count). The van der Waals surface area contributed by atoms with E-state index in [2.05, 4.69) is 56.8 Å². The first kappa shape index (κ1) is 13.4. The van der Waals surface area contributed by atoms with Crippen LogP contribution < -0.4 is 0 Å². The minimum atomic E-state index is 0.267. The third-order valence-electron chi connectivity index (χ3n) is 3.13. The second-order valence-electron chi connectivity index (χ2n) is 5.69. The van der Waals surface area contributed by atoms with Crippen molar-refractivity contribution in [2.24, 2.45) is 0 Å². The third-order valence-corrected chi connectivity index (χ3v) is 6.00. The number of rotatable bonds is 2. The van der Waals surface area contributed by atoms with Gasteiger partial charge in [0.2, 0.25) is 0 Å². The molecule has 1 fully saturated rings. The van der Waals surface area contributed by atoms with E-state index in [-0.39, 0.29) is 5.41 Å². The van der Waals surface area contributed by atoms with Gasteiger partial charge in [-0.15, -0.1) is 23.5 Å². The van der Waals surface area contributed by atoms with Gasteiger partial charge >= 0.3 is 0 Å². The Balaban J connectivity index is 1.98. The average molecular weight is 266 g/mol. The summed E-state index contributed by atoms with van der Waals surface area (Å²) in [5.41, 5.74) is 1.70. The van der Waals surface area contributed by atoms with Gasteiger partial charge in [0.15, 0.2) is 0 Å². The van der Waals surface area contributed by atoms with Crippen molar-refractivity contribution in [2.45, 2.75) is 54.9 Å². The standard InChI is InChI=1S/C15H22S2/c1-15(2,3)12-7-9-13(10-8-12)17-14-6-4-5-11-16-14/h7-10,14H,4-6,11H2,1-3H3. The van der Waals surface area contributed by atoms with Gasteiger partial charge in [-0.2, -0.15) is 0 Å². The van der Waals surface area contributed by atoms with Gasteiger partial charge in [0.25, 0.3) is 0 Å². The molecule has 0 spiro atoms. The van der Waals surface area contributed by atoms with Gasteiger partial charge in [0.05, 0.1) is 4.58 Å². The summed E-state index contributed by atoms with van der Waals surface area (Å²) < 4.78 is 0.782. The Hall–Kier alpha value is -0.0800. The highest BCUT2D eigenvalue weighted by Gasteiger charge is 2.16. The molecule has 0 nitrogen and oxygen atoms in total. The SMILES string of the molecule is CC(C)(C)c1ccc(SC2CCCCS2)cc1. The molecule has 0 N–H and O–H groups in total. The quantitative estimate of drug-likeness (QED) is 0.710. The zero-order valence-electron chi connectivity index (χ0n) is 11.0. The molecule has 0 bridgehead atoms. The third kappa shape index (κ3) is 3.96. The smallest absolute Gasteiger partial charge is 0.0549 e. The predicted octanol–water partition coefficient (Wildman–Crippen LogP) is 5.32. The Labute approximate surface area is 114 Å². The molecular weight excluding hydrogens is 244 g/mol.